The summed E-state index contributed by atoms with van der Waals surface area (Å²) in [6.45, 7) is 2.20. The molecule has 0 spiro atoms. The molecule has 0 aliphatic rings. The van der Waals surface area contributed by atoms with Gasteiger partial charge in [0.15, 0.2) is 0 Å². The van der Waals surface area contributed by atoms with Gasteiger partial charge < -0.3 is 9.15 Å². The molecule has 6 heteroatoms. The fourth-order valence-corrected chi connectivity index (χ4v) is 2.51. The number of aromatic nitrogens is 1. The van der Waals surface area contributed by atoms with Crippen molar-refractivity contribution < 1.29 is 13.9 Å². The minimum Gasteiger partial charge on any atom is -0.463 e. The number of carbonyl (C=O) groups is 1. The molecule has 100 valence electrons. The summed E-state index contributed by atoms with van der Waals surface area (Å²) in [5, 5.41) is 3.12. The van der Waals surface area contributed by atoms with Gasteiger partial charge in [-0.25, -0.2) is 4.98 Å². The first-order valence-electron chi connectivity index (χ1n) is 5.77. The fourth-order valence-electron chi connectivity index (χ4n) is 1.90. The molecule has 0 radical (unpaired) electrons. The van der Waals surface area contributed by atoms with Crippen LogP contribution in [0.15, 0.2) is 39.1 Å². The summed E-state index contributed by atoms with van der Waals surface area (Å²) >= 11 is 1.47. The Morgan fingerprint density at radius 2 is 2.25 bits per heavy atom. The van der Waals surface area contributed by atoms with E-state index in [1.807, 2.05) is 12.3 Å². The van der Waals surface area contributed by atoms with E-state index in [0.717, 1.165) is 5.01 Å². The molecule has 0 bridgehead atoms. The minimum absolute atomic E-state index is 0.158. The van der Waals surface area contributed by atoms with E-state index in [9.17, 15) is 9.59 Å². The molecule has 0 unspecified atom stereocenters. The van der Waals surface area contributed by atoms with Crippen LogP contribution in [0.4, 0.5) is 0 Å². The van der Waals surface area contributed by atoms with Gasteiger partial charge >= 0.3 is 0 Å². The van der Waals surface area contributed by atoms with Gasteiger partial charge in [0.25, 0.3) is 6.47 Å². The lowest BCUT2D eigenvalue weighted by Crippen LogP contribution is -2.05. The van der Waals surface area contributed by atoms with Crippen molar-refractivity contribution in [1.29, 1.82) is 0 Å². The standard InChI is InChI=1S/C14H9NO4S/c1-8-15-12(6-20-8)11-5-18-13-4-9(19-7-16)2-3-10(13)14(11)17/h2-7H,1H3. The van der Waals surface area contributed by atoms with Crippen molar-refractivity contribution in [3.8, 4) is 17.0 Å². The zero-order valence-electron chi connectivity index (χ0n) is 10.5. The largest absolute Gasteiger partial charge is 0.463 e. The van der Waals surface area contributed by atoms with Gasteiger partial charge in [-0.05, 0) is 19.1 Å². The number of carbonyl (C=O) groups excluding carboxylic acids is 1. The Bertz CT molecular complexity index is 850. The van der Waals surface area contributed by atoms with Crippen LogP contribution in [0.25, 0.3) is 22.2 Å². The number of thiazole rings is 1. The highest BCUT2D eigenvalue weighted by Crippen LogP contribution is 2.23. The van der Waals surface area contributed by atoms with Crippen LogP contribution in [-0.2, 0) is 4.79 Å². The highest BCUT2D eigenvalue weighted by atomic mass is 32.1. The van der Waals surface area contributed by atoms with Crippen LogP contribution < -0.4 is 10.2 Å². The predicted molar refractivity (Wildman–Crippen MR) is 75.0 cm³/mol. The van der Waals surface area contributed by atoms with E-state index in [4.69, 9.17) is 9.15 Å². The van der Waals surface area contributed by atoms with E-state index in [0.29, 0.717) is 34.4 Å². The number of ether oxygens (including phenoxy) is 1. The molecular weight excluding hydrogens is 278 g/mol. The van der Waals surface area contributed by atoms with Gasteiger partial charge in [0.1, 0.15) is 17.6 Å². The van der Waals surface area contributed by atoms with Crippen LogP contribution in [0.2, 0.25) is 0 Å². The van der Waals surface area contributed by atoms with Gasteiger partial charge in [0, 0.05) is 11.4 Å². The maximum Gasteiger partial charge on any atom is 0.298 e. The Balaban J connectivity index is 2.18. The van der Waals surface area contributed by atoms with E-state index >= 15 is 0 Å². The van der Waals surface area contributed by atoms with Crippen molar-refractivity contribution in [1.82, 2.24) is 4.98 Å². The maximum atomic E-state index is 12.4. The molecule has 0 saturated heterocycles. The molecule has 0 fully saturated rings. The molecule has 0 aliphatic heterocycles. The fraction of sp³-hybridized carbons (Fsp3) is 0.0714. The van der Waals surface area contributed by atoms with Crippen molar-refractivity contribution in [3.63, 3.8) is 0 Å². The average molecular weight is 287 g/mol. The quantitative estimate of drug-likeness (QED) is 0.693. The lowest BCUT2D eigenvalue weighted by molar-refractivity contribution is -0.120. The van der Waals surface area contributed by atoms with Gasteiger partial charge in [-0.2, -0.15) is 0 Å². The Morgan fingerprint density at radius 1 is 1.40 bits per heavy atom. The first kappa shape index (κ1) is 12.6. The first-order valence-corrected chi connectivity index (χ1v) is 6.65. The highest BCUT2D eigenvalue weighted by molar-refractivity contribution is 7.09. The predicted octanol–water partition coefficient (Wildman–Crippen LogP) is 2.76. The number of rotatable bonds is 3. The smallest absolute Gasteiger partial charge is 0.298 e. The maximum absolute atomic E-state index is 12.4. The second kappa shape index (κ2) is 4.90. The molecule has 20 heavy (non-hydrogen) atoms. The molecule has 0 atom stereocenters. The van der Waals surface area contributed by atoms with Gasteiger partial charge in [0.05, 0.1) is 21.7 Å². The van der Waals surface area contributed by atoms with E-state index in [1.165, 1.54) is 23.7 Å². The molecule has 1 aromatic carbocycles. The lowest BCUT2D eigenvalue weighted by atomic mass is 10.1. The summed E-state index contributed by atoms with van der Waals surface area (Å²) in [6.07, 6.45) is 1.38. The van der Waals surface area contributed by atoms with Crippen LogP contribution in [0.5, 0.6) is 5.75 Å². The molecule has 2 aromatic heterocycles. The molecule has 0 N–H and O–H groups in total. The summed E-state index contributed by atoms with van der Waals surface area (Å²) in [4.78, 5) is 27.0. The minimum atomic E-state index is -0.158. The molecule has 3 aromatic rings. The number of hydrogen-bond acceptors (Lipinski definition) is 6. The number of fused-ring (bicyclic) bond motifs is 1. The summed E-state index contributed by atoms with van der Waals surface area (Å²) in [6, 6.07) is 4.62. The summed E-state index contributed by atoms with van der Waals surface area (Å²) in [7, 11) is 0. The Labute approximate surface area is 117 Å². The molecule has 3 rings (SSSR count). The Hall–Kier alpha value is -2.47. The number of aryl methyl sites for hydroxylation is 1. The monoisotopic (exact) mass is 287 g/mol. The lowest BCUT2D eigenvalue weighted by Gasteiger charge is -2.02. The molecule has 0 aliphatic carbocycles. The number of benzene rings is 1. The molecule has 0 saturated carbocycles. The van der Waals surface area contributed by atoms with Crippen molar-refractivity contribution >= 4 is 28.8 Å². The summed E-state index contributed by atoms with van der Waals surface area (Å²) < 4.78 is 10.2. The molecule has 5 nitrogen and oxygen atoms in total. The topological polar surface area (TPSA) is 69.4 Å². The van der Waals surface area contributed by atoms with Gasteiger partial charge in [-0.15, -0.1) is 11.3 Å². The molecule has 2 heterocycles. The number of nitrogens with zero attached hydrogens (tertiary/aromatic N) is 1. The first-order chi connectivity index (χ1) is 9.69. The van der Waals surface area contributed by atoms with Crippen molar-refractivity contribution in [3.05, 3.63) is 45.1 Å². The zero-order valence-corrected chi connectivity index (χ0v) is 11.3. The van der Waals surface area contributed by atoms with Crippen molar-refractivity contribution in [2.45, 2.75) is 6.92 Å². The molecule has 0 amide bonds. The van der Waals surface area contributed by atoms with Gasteiger partial charge in [0.2, 0.25) is 5.43 Å². The van der Waals surface area contributed by atoms with E-state index in [-0.39, 0.29) is 5.43 Å². The Kier molecular flexibility index (Phi) is 3.08. The third kappa shape index (κ3) is 2.10. The third-order valence-electron chi connectivity index (χ3n) is 2.83. The SMILES string of the molecule is Cc1nc(-c2coc3cc(OC=O)ccc3c2=O)cs1. The summed E-state index contributed by atoms with van der Waals surface area (Å²) in [5.41, 5.74) is 1.24. The second-order valence-electron chi connectivity index (χ2n) is 4.10. The second-order valence-corrected chi connectivity index (χ2v) is 5.16. The van der Waals surface area contributed by atoms with Crippen LogP contribution in [0.3, 0.4) is 0 Å². The van der Waals surface area contributed by atoms with Crippen LogP contribution in [0, 0.1) is 6.92 Å². The summed E-state index contributed by atoms with van der Waals surface area (Å²) in [5.74, 6) is 0.327. The third-order valence-corrected chi connectivity index (χ3v) is 3.60. The van der Waals surface area contributed by atoms with Crippen LogP contribution >= 0.6 is 11.3 Å². The highest BCUT2D eigenvalue weighted by Gasteiger charge is 2.12. The van der Waals surface area contributed by atoms with E-state index in [2.05, 4.69) is 4.98 Å². The van der Waals surface area contributed by atoms with Gasteiger partial charge in [-0.3, -0.25) is 9.59 Å². The van der Waals surface area contributed by atoms with Crippen LogP contribution in [-0.4, -0.2) is 11.5 Å². The molecular formula is C14H9NO4S. The normalized spacial score (nSPS) is 10.7. The van der Waals surface area contributed by atoms with E-state index in [1.54, 1.807) is 12.1 Å². The zero-order chi connectivity index (χ0) is 14.1. The van der Waals surface area contributed by atoms with Crippen molar-refractivity contribution in [2.75, 3.05) is 0 Å². The van der Waals surface area contributed by atoms with Crippen LogP contribution in [0.1, 0.15) is 5.01 Å². The average Bonchev–Trinajstić information content (AvgIpc) is 2.86. The Morgan fingerprint density at radius 3 is 2.95 bits per heavy atom. The number of hydrogen-bond donors (Lipinski definition) is 0. The van der Waals surface area contributed by atoms with E-state index < -0.39 is 0 Å². The van der Waals surface area contributed by atoms with Gasteiger partial charge in [-0.1, -0.05) is 0 Å². The van der Waals surface area contributed by atoms with Crippen molar-refractivity contribution in [2.24, 2.45) is 0 Å².